The fourth-order valence-electron chi connectivity index (χ4n) is 3.38. The summed E-state index contributed by atoms with van der Waals surface area (Å²) >= 11 is 0. The van der Waals surface area contributed by atoms with Gasteiger partial charge in [-0.05, 0) is 42.9 Å². The van der Waals surface area contributed by atoms with Crippen LogP contribution in [-0.4, -0.2) is 20.7 Å². The van der Waals surface area contributed by atoms with Crippen LogP contribution in [0.3, 0.4) is 0 Å². The summed E-state index contributed by atoms with van der Waals surface area (Å²) in [5.41, 5.74) is 3.78. The Kier molecular flexibility index (Phi) is 10.2. The number of nitrogens with one attached hydrogen (secondary N) is 2. The Hall–Kier alpha value is -2.42. The molecule has 1 unspecified atom stereocenters. The molecule has 2 aromatic carbocycles. The fourth-order valence-corrected chi connectivity index (χ4v) is 3.38. The highest BCUT2D eigenvalue weighted by atomic mass is 127. The van der Waals surface area contributed by atoms with Crippen LogP contribution in [0.5, 0.6) is 0 Å². The molecule has 7 heteroatoms. The maximum Gasteiger partial charge on any atom is 0.192 e. The third-order valence-electron chi connectivity index (χ3n) is 5.34. The van der Waals surface area contributed by atoms with Gasteiger partial charge in [0.2, 0.25) is 0 Å². The Bertz CT molecular complexity index is 979. The van der Waals surface area contributed by atoms with Crippen LogP contribution in [0, 0.1) is 12.8 Å². The van der Waals surface area contributed by atoms with E-state index >= 15 is 0 Å². The highest BCUT2D eigenvalue weighted by Crippen LogP contribution is 2.15. The second-order valence-electron chi connectivity index (χ2n) is 8.43. The molecule has 6 nitrogen and oxygen atoms in total. The Labute approximate surface area is 209 Å². The van der Waals surface area contributed by atoms with Crippen molar-refractivity contribution in [1.82, 2.24) is 25.4 Å². The van der Waals surface area contributed by atoms with E-state index in [4.69, 9.17) is 4.99 Å². The molecule has 0 aliphatic heterocycles. The monoisotopic (exact) mass is 546 g/mol. The molecule has 3 rings (SSSR count). The molecule has 1 aromatic heterocycles. The Morgan fingerprint density at radius 2 is 1.66 bits per heavy atom. The number of aliphatic imine (C=N–C) groups is 1. The molecule has 0 radical (unpaired) electrons. The van der Waals surface area contributed by atoms with E-state index in [-0.39, 0.29) is 30.0 Å². The third-order valence-corrected chi connectivity index (χ3v) is 5.34. The number of benzene rings is 2. The highest BCUT2D eigenvalue weighted by Gasteiger charge is 2.11. The first-order chi connectivity index (χ1) is 14.9. The summed E-state index contributed by atoms with van der Waals surface area (Å²) < 4.78 is 1.98. The number of nitrogens with zero attached hydrogens (tertiary/aromatic N) is 4. The smallest absolute Gasteiger partial charge is 0.192 e. The van der Waals surface area contributed by atoms with Crippen LogP contribution in [0.25, 0.3) is 0 Å². The molecule has 32 heavy (non-hydrogen) atoms. The van der Waals surface area contributed by atoms with Gasteiger partial charge in [-0.2, -0.15) is 0 Å². The minimum Gasteiger partial charge on any atom is -0.350 e. The van der Waals surface area contributed by atoms with Crippen molar-refractivity contribution < 1.29 is 0 Å². The van der Waals surface area contributed by atoms with Crippen molar-refractivity contribution in [1.29, 1.82) is 0 Å². The van der Waals surface area contributed by atoms with Crippen LogP contribution >= 0.6 is 24.0 Å². The SMILES string of the molecule is Cc1nnc(CNC(=NCc2ccccc2)NC(C)c2ccc(CC(C)C)cc2)n1C.I. The normalized spacial score (nSPS) is 12.4. The first-order valence-electron chi connectivity index (χ1n) is 10.9. The van der Waals surface area contributed by atoms with Crippen LogP contribution in [0.15, 0.2) is 59.6 Å². The maximum absolute atomic E-state index is 4.80. The van der Waals surface area contributed by atoms with Gasteiger partial charge in [0.1, 0.15) is 5.82 Å². The number of halogens is 1. The predicted molar refractivity (Wildman–Crippen MR) is 142 cm³/mol. The fraction of sp³-hybridized carbons (Fsp3) is 0.400. The van der Waals surface area contributed by atoms with E-state index in [2.05, 4.69) is 78.0 Å². The predicted octanol–water partition coefficient (Wildman–Crippen LogP) is 4.94. The van der Waals surface area contributed by atoms with Gasteiger partial charge < -0.3 is 15.2 Å². The van der Waals surface area contributed by atoms with Crippen molar-refractivity contribution in [3.05, 3.63) is 82.9 Å². The van der Waals surface area contributed by atoms with E-state index in [0.29, 0.717) is 19.0 Å². The lowest BCUT2D eigenvalue weighted by Gasteiger charge is -2.19. The second kappa shape index (κ2) is 12.6. The molecule has 0 saturated heterocycles. The molecule has 2 N–H and O–H groups in total. The van der Waals surface area contributed by atoms with Gasteiger partial charge in [0.25, 0.3) is 0 Å². The maximum atomic E-state index is 4.80. The molecule has 0 aliphatic rings. The van der Waals surface area contributed by atoms with Gasteiger partial charge in [0.15, 0.2) is 11.8 Å². The topological polar surface area (TPSA) is 67.1 Å². The standard InChI is InChI=1S/C25H34N6.HI/c1-18(2)15-21-11-13-23(14-12-21)19(3)28-25(26-16-22-9-7-6-8-10-22)27-17-24-30-29-20(4)31(24)5;/h6-14,18-19H,15-17H2,1-5H3,(H2,26,27,28);1H. The minimum atomic E-state index is 0. The summed E-state index contributed by atoms with van der Waals surface area (Å²) in [6, 6.07) is 19.3. The number of aryl methyl sites for hydroxylation is 1. The lowest BCUT2D eigenvalue weighted by molar-refractivity contribution is 0.644. The summed E-state index contributed by atoms with van der Waals surface area (Å²) in [6.07, 6.45) is 1.10. The molecule has 0 aliphatic carbocycles. The van der Waals surface area contributed by atoms with Crippen molar-refractivity contribution in [3.63, 3.8) is 0 Å². The van der Waals surface area contributed by atoms with Crippen LogP contribution in [0.1, 0.15) is 55.2 Å². The molecule has 0 amide bonds. The van der Waals surface area contributed by atoms with Crippen LogP contribution in [0.4, 0.5) is 0 Å². The summed E-state index contributed by atoms with van der Waals surface area (Å²) in [5.74, 6) is 3.18. The zero-order valence-corrected chi connectivity index (χ0v) is 22.0. The van der Waals surface area contributed by atoms with E-state index in [1.54, 1.807) is 0 Å². The zero-order valence-electron chi connectivity index (χ0n) is 19.7. The molecule has 172 valence electrons. The van der Waals surface area contributed by atoms with Crippen molar-refractivity contribution in [2.24, 2.45) is 18.0 Å². The second-order valence-corrected chi connectivity index (χ2v) is 8.43. The molecular weight excluding hydrogens is 511 g/mol. The third kappa shape index (κ3) is 7.62. The van der Waals surface area contributed by atoms with Gasteiger partial charge >= 0.3 is 0 Å². The molecule has 0 spiro atoms. The van der Waals surface area contributed by atoms with Crippen LogP contribution in [0.2, 0.25) is 0 Å². The van der Waals surface area contributed by atoms with Gasteiger partial charge in [-0.1, -0.05) is 68.4 Å². The number of hydrogen-bond acceptors (Lipinski definition) is 3. The van der Waals surface area contributed by atoms with E-state index in [0.717, 1.165) is 24.0 Å². The zero-order chi connectivity index (χ0) is 22.2. The molecule has 0 fully saturated rings. The summed E-state index contributed by atoms with van der Waals surface area (Å²) in [5, 5.41) is 15.3. The van der Waals surface area contributed by atoms with Gasteiger partial charge in [0.05, 0.1) is 19.1 Å². The minimum absolute atomic E-state index is 0. The summed E-state index contributed by atoms with van der Waals surface area (Å²) in [4.78, 5) is 4.80. The van der Waals surface area contributed by atoms with Crippen molar-refractivity contribution >= 4 is 29.9 Å². The number of aromatic nitrogens is 3. The van der Waals surface area contributed by atoms with Gasteiger partial charge in [-0.3, -0.25) is 0 Å². The van der Waals surface area contributed by atoms with E-state index in [9.17, 15) is 0 Å². The lowest BCUT2D eigenvalue weighted by atomic mass is 10.00. The van der Waals surface area contributed by atoms with Crippen LogP contribution < -0.4 is 10.6 Å². The van der Waals surface area contributed by atoms with Crippen molar-refractivity contribution in [3.8, 4) is 0 Å². The number of guanidine groups is 1. The molecule has 3 aromatic rings. The van der Waals surface area contributed by atoms with Crippen LogP contribution in [-0.2, 0) is 26.6 Å². The highest BCUT2D eigenvalue weighted by molar-refractivity contribution is 14.0. The Morgan fingerprint density at radius 3 is 2.25 bits per heavy atom. The first-order valence-corrected chi connectivity index (χ1v) is 10.9. The lowest BCUT2D eigenvalue weighted by Crippen LogP contribution is -2.39. The molecule has 1 atom stereocenters. The van der Waals surface area contributed by atoms with E-state index in [1.165, 1.54) is 16.7 Å². The van der Waals surface area contributed by atoms with Gasteiger partial charge in [-0.25, -0.2) is 4.99 Å². The Balaban J connectivity index is 0.00000363. The number of hydrogen-bond donors (Lipinski definition) is 2. The quantitative estimate of drug-likeness (QED) is 0.239. The molecule has 0 bridgehead atoms. The van der Waals surface area contributed by atoms with Crippen molar-refractivity contribution in [2.75, 3.05) is 0 Å². The van der Waals surface area contributed by atoms with Crippen molar-refractivity contribution in [2.45, 2.75) is 53.2 Å². The molecular formula is C25H35IN6. The van der Waals surface area contributed by atoms with Gasteiger partial charge in [0, 0.05) is 7.05 Å². The largest absolute Gasteiger partial charge is 0.350 e. The number of rotatable bonds is 8. The van der Waals surface area contributed by atoms with E-state index < -0.39 is 0 Å². The van der Waals surface area contributed by atoms with Gasteiger partial charge in [-0.15, -0.1) is 34.2 Å². The average Bonchev–Trinajstić information content (AvgIpc) is 3.08. The summed E-state index contributed by atoms with van der Waals surface area (Å²) in [6.45, 7) is 9.76. The molecule has 0 saturated carbocycles. The summed E-state index contributed by atoms with van der Waals surface area (Å²) in [7, 11) is 1.97. The Morgan fingerprint density at radius 1 is 0.969 bits per heavy atom. The average molecular weight is 547 g/mol. The first kappa shape index (κ1) is 25.8. The molecule has 1 heterocycles. The van der Waals surface area contributed by atoms with E-state index in [1.807, 2.05) is 36.7 Å².